The van der Waals surface area contributed by atoms with E-state index in [4.69, 9.17) is 5.73 Å². The molecule has 15 heteroatoms. The molecule has 304 valence electrons. The number of hydrogen-bond acceptors (Lipinski definition) is 9. The van der Waals surface area contributed by atoms with E-state index in [1.165, 1.54) is 23.4 Å². The van der Waals surface area contributed by atoms with Gasteiger partial charge in [-0.1, -0.05) is 76.1 Å². The molecule has 0 bridgehead atoms. The lowest BCUT2D eigenvalue weighted by atomic mass is 10.00. The molecule has 2 aromatic carbocycles. The summed E-state index contributed by atoms with van der Waals surface area (Å²) < 4.78 is 0. The molecule has 1 saturated heterocycles. The Labute approximate surface area is 328 Å². The van der Waals surface area contributed by atoms with Crippen LogP contribution in [0, 0.1) is 5.92 Å². The van der Waals surface area contributed by atoms with Crippen molar-refractivity contribution in [1.29, 1.82) is 0 Å². The quantitative estimate of drug-likeness (QED) is 0.0742. The number of carboxylic acid groups (broad SMARTS) is 1. The highest BCUT2D eigenvalue weighted by Gasteiger charge is 2.39. The largest absolute Gasteiger partial charge is 0.508 e. The van der Waals surface area contributed by atoms with E-state index in [0.717, 1.165) is 24.0 Å². The van der Waals surface area contributed by atoms with Crippen LogP contribution >= 0.6 is 0 Å². The predicted octanol–water partition coefficient (Wildman–Crippen LogP) is 2.20. The minimum absolute atomic E-state index is 0.0797. The Morgan fingerprint density at radius 1 is 0.911 bits per heavy atom. The van der Waals surface area contributed by atoms with Gasteiger partial charge in [-0.2, -0.15) is 0 Å². The average molecular weight is 775 g/mol. The number of carbonyl (C=O) groups excluding carboxylic acids is 4. The van der Waals surface area contributed by atoms with E-state index >= 15 is 0 Å². The molecule has 15 nitrogen and oxygen atoms in total. The summed E-state index contributed by atoms with van der Waals surface area (Å²) in [5, 5.41) is 31.7. The number of H-pyrrole nitrogens is 1. The second kappa shape index (κ2) is 21.7. The normalized spacial score (nSPS) is 16.7. The van der Waals surface area contributed by atoms with E-state index in [2.05, 4.69) is 31.2 Å². The van der Waals surface area contributed by atoms with Gasteiger partial charge in [0.2, 0.25) is 23.6 Å². The summed E-state index contributed by atoms with van der Waals surface area (Å²) in [7, 11) is 0. The maximum absolute atomic E-state index is 14.3. The Hall–Kier alpha value is -5.28. The summed E-state index contributed by atoms with van der Waals surface area (Å²) in [6.07, 6.45) is 7.23. The summed E-state index contributed by atoms with van der Waals surface area (Å²) >= 11 is 0. The molecule has 2 heterocycles. The van der Waals surface area contributed by atoms with E-state index in [0.29, 0.717) is 37.9 Å². The summed E-state index contributed by atoms with van der Waals surface area (Å²) in [5.74, 6) is -2.64. The first kappa shape index (κ1) is 43.4. The van der Waals surface area contributed by atoms with Crippen LogP contribution < -0.4 is 27.0 Å². The summed E-state index contributed by atoms with van der Waals surface area (Å²) in [5.41, 5.74) is 8.34. The van der Waals surface area contributed by atoms with E-state index in [-0.39, 0.29) is 43.4 Å². The number of amides is 4. The Morgan fingerprint density at radius 3 is 2.25 bits per heavy atom. The van der Waals surface area contributed by atoms with Crippen molar-refractivity contribution in [1.82, 2.24) is 36.1 Å². The number of aromatic amines is 1. The third-order valence-corrected chi connectivity index (χ3v) is 9.94. The molecule has 0 aliphatic carbocycles. The number of aromatic hydroxyl groups is 1. The van der Waals surface area contributed by atoms with Gasteiger partial charge in [0.15, 0.2) is 0 Å². The lowest BCUT2D eigenvalue weighted by Gasteiger charge is -2.31. The topological polar surface area (TPSA) is 232 Å². The SMILES string of the molecule is CCCC[C@H](N)C(=O)NC(Cc1ccc(O)cc1)C(=O)N[C@H](CN[C@@H](Cc1cnc[nH]1)C(=O)N1CCC[C@H]1C(=O)N[C@@H](Cc1ccccc1)C(=O)O)CC(C)C. The van der Waals surface area contributed by atoms with Gasteiger partial charge >= 0.3 is 5.97 Å². The molecule has 1 aliphatic heterocycles. The number of hydrogen-bond donors (Lipinski definition) is 8. The number of benzene rings is 2. The van der Waals surface area contributed by atoms with Crippen LogP contribution in [0.1, 0.15) is 76.1 Å². The summed E-state index contributed by atoms with van der Waals surface area (Å²) in [6.45, 7) is 6.55. The van der Waals surface area contributed by atoms with Gasteiger partial charge in [0.25, 0.3) is 0 Å². The molecule has 0 spiro atoms. The number of aliphatic carboxylic acids is 1. The lowest BCUT2D eigenvalue weighted by molar-refractivity contribution is -0.144. The molecule has 1 aliphatic rings. The fraction of sp³-hybridized carbons (Fsp3) is 0.512. The molecular formula is C41H58N8O7. The van der Waals surface area contributed by atoms with Crippen molar-refractivity contribution in [2.45, 2.75) is 115 Å². The first-order chi connectivity index (χ1) is 26.8. The minimum atomic E-state index is -1.17. The third kappa shape index (κ3) is 13.5. The van der Waals surface area contributed by atoms with Gasteiger partial charge in [0.1, 0.15) is 23.9 Å². The molecule has 1 fully saturated rings. The van der Waals surface area contributed by atoms with Crippen molar-refractivity contribution < 1.29 is 34.2 Å². The maximum atomic E-state index is 14.3. The molecule has 0 radical (unpaired) electrons. The fourth-order valence-electron chi connectivity index (χ4n) is 6.94. The number of phenolic OH excluding ortho intramolecular Hbond substituents is 1. The van der Waals surface area contributed by atoms with Gasteiger partial charge < -0.3 is 47.1 Å². The zero-order valence-corrected chi connectivity index (χ0v) is 32.6. The number of rotatable bonds is 22. The lowest BCUT2D eigenvalue weighted by Crippen LogP contribution is -2.58. The summed E-state index contributed by atoms with van der Waals surface area (Å²) in [4.78, 5) is 75.8. The predicted molar refractivity (Wildman–Crippen MR) is 211 cm³/mol. The molecule has 6 atom stereocenters. The number of nitrogens with two attached hydrogens (primary N) is 1. The molecule has 4 amide bonds. The minimum Gasteiger partial charge on any atom is -0.508 e. The number of nitrogens with one attached hydrogen (secondary N) is 5. The smallest absolute Gasteiger partial charge is 0.326 e. The number of nitrogens with zero attached hydrogens (tertiary/aromatic N) is 2. The number of likely N-dealkylation sites (tertiary alicyclic amines) is 1. The van der Waals surface area contributed by atoms with Crippen LogP contribution in [0.5, 0.6) is 5.75 Å². The zero-order valence-electron chi connectivity index (χ0n) is 32.6. The van der Waals surface area contributed by atoms with Crippen molar-refractivity contribution >= 4 is 29.6 Å². The van der Waals surface area contributed by atoms with Gasteiger partial charge in [-0.15, -0.1) is 0 Å². The van der Waals surface area contributed by atoms with E-state index < -0.39 is 59.9 Å². The van der Waals surface area contributed by atoms with Gasteiger partial charge in [-0.05, 0) is 54.9 Å². The van der Waals surface area contributed by atoms with Gasteiger partial charge in [-0.3, -0.25) is 19.2 Å². The number of unbranched alkanes of at least 4 members (excludes halogenated alkanes) is 1. The number of carbonyl (C=O) groups is 5. The molecule has 1 unspecified atom stereocenters. The second-order valence-electron chi connectivity index (χ2n) is 15.0. The fourth-order valence-corrected chi connectivity index (χ4v) is 6.94. The van der Waals surface area contributed by atoms with Crippen LogP contribution in [-0.4, -0.2) is 104 Å². The highest BCUT2D eigenvalue weighted by molar-refractivity contribution is 5.93. The van der Waals surface area contributed by atoms with Crippen LogP contribution in [-0.2, 0) is 43.2 Å². The number of carboxylic acids is 1. The van der Waals surface area contributed by atoms with Crippen molar-refractivity contribution in [3.63, 3.8) is 0 Å². The molecular weight excluding hydrogens is 716 g/mol. The Bertz CT molecular complexity index is 1700. The molecule has 3 aromatic rings. The highest BCUT2D eigenvalue weighted by Crippen LogP contribution is 2.21. The number of phenols is 1. The molecule has 56 heavy (non-hydrogen) atoms. The average Bonchev–Trinajstić information content (AvgIpc) is 3.88. The molecule has 1 aromatic heterocycles. The zero-order chi connectivity index (χ0) is 40.6. The Balaban J connectivity index is 1.49. The van der Waals surface area contributed by atoms with Crippen LogP contribution in [0.15, 0.2) is 67.1 Å². The molecule has 4 rings (SSSR count). The number of imidazole rings is 1. The van der Waals surface area contributed by atoms with Crippen molar-refractivity contribution in [3.8, 4) is 5.75 Å². The van der Waals surface area contributed by atoms with Gasteiger partial charge in [0, 0.05) is 50.3 Å². The Morgan fingerprint density at radius 2 is 1.61 bits per heavy atom. The van der Waals surface area contributed by atoms with E-state index in [9.17, 15) is 34.2 Å². The van der Waals surface area contributed by atoms with Crippen LogP contribution in [0.25, 0.3) is 0 Å². The van der Waals surface area contributed by atoms with Crippen molar-refractivity contribution in [3.05, 3.63) is 83.9 Å². The monoisotopic (exact) mass is 774 g/mol. The molecule has 9 N–H and O–H groups in total. The maximum Gasteiger partial charge on any atom is 0.326 e. The van der Waals surface area contributed by atoms with Crippen LogP contribution in [0.2, 0.25) is 0 Å². The highest BCUT2D eigenvalue weighted by atomic mass is 16.4. The summed E-state index contributed by atoms with van der Waals surface area (Å²) in [6, 6.07) is 10.4. The standard InChI is InChI=1S/C41H58N8O7/c1-4-5-12-32(42)37(51)47-33(20-28-14-16-31(50)17-15-28)38(52)46-30(19-26(2)3)24-44-34(22-29-23-43-25-45-29)40(54)49-18-9-13-36(49)39(53)48-35(41(55)56)21-27-10-7-6-8-11-27/h6-8,10-11,14-17,23,25-26,30,32-36,44,50H,4-5,9,12-13,18-22,24,42H2,1-3H3,(H,43,45)(H,46,52)(H,47,51)(H,48,53)(H,55,56)/t30-,32-,33?,34-,35-,36-/m0/s1. The first-order valence-electron chi connectivity index (χ1n) is 19.6. The van der Waals surface area contributed by atoms with E-state index in [1.807, 2.05) is 26.8 Å². The van der Waals surface area contributed by atoms with Crippen LogP contribution in [0.3, 0.4) is 0 Å². The van der Waals surface area contributed by atoms with Gasteiger partial charge in [-0.25, -0.2) is 9.78 Å². The van der Waals surface area contributed by atoms with Crippen LogP contribution in [0.4, 0.5) is 0 Å². The number of aromatic nitrogens is 2. The van der Waals surface area contributed by atoms with E-state index in [1.54, 1.807) is 42.6 Å². The molecule has 0 saturated carbocycles. The van der Waals surface area contributed by atoms with Crippen molar-refractivity contribution in [2.24, 2.45) is 11.7 Å². The first-order valence-corrected chi connectivity index (χ1v) is 19.6. The Kier molecular flexibility index (Phi) is 16.8. The van der Waals surface area contributed by atoms with Gasteiger partial charge in [0.05, 0.1) is 18.4 Å². The second-order valence-corrected chi connectivity index (χ2v) is 15.0. The van der Waals surface area contributed by atoms with Crippen molar-refractivity contribution in [2.75, 3.05) is 13.1 Å². The third-order valence-electron chi connectivity index (χ3n) is 9.94.